The second kappa shape index (κ2) is 10.9. The molecule has 0 aromatic heterocycles. The van der Waals surface area contributed by atoms with Crippen LogP contribution in [0.3, 0.4) is 0 Å². The first-order chi connectivity index (χ1) is 24.6. The van der Waals surface area contributed by atoms with Gasteiger partial charge in [0.2, 0.25) is 0 Å². The van der Waals surface area contributed by atoms with Crippen LogP contribution in [0, 0.1) is 0 Å². The van der Waals surface area contributed by atoms with E-state index in [2.05, 4.69) is 172 Å². The summed E-state index contributed by atoms with van der Waals surface area (Å²) in [6.07, 6.45) is 0. The highest BCUT2D eigenvalue weighted by Crippen LogP contribution is 2.52. The molecular formula is C48H39N. The monoisotopic (exact) mass is 631 g/mol. The van der Waals surface area contributed by atoms with Crippen LogP contribution in [0.1, 0.15) is 63.8 Å². The fourth-order valence-corrected chi connectivity index (χ4v) is 8.28. The predicted molar refractivity (Wildman–Crippen MR) is 209 cm³/mol. The van der Waals surface area contributed by atoms with Gasteiger partial charge in [-0.05, 0) is 91.4 Å². The van der Waals surface area contributed by atoms with Gasteiger partial charge in [-0.25, -0.2) is 0 Å². The SMILES string of the molecule is [2H]/C(=C(/[2H])c1ccc2c(c1)C(C)(C)c1cc(N(c3ccccc3)c3cccc4ccccc34)ccc1-2)c1ccc2c(c1)C(C)(C)c1ccccc1-2. The number of hydrogen-bond acceptors (Lipinski definition) is 1. The number of hydrogen-bond donors (Lipinski definition) is 0. The van der Waals surface area contributed by atoms with E-state index in [9.17, 15) is 2.74 Å². The van der Waals surface area contributed by atoms with Crippen LogP contribution >= 0.6 is 0 Å². The molecule has 0 amide bonds. The molecule has 0 saturated carbocycles. The number of nitrogens with zero attached hydrogens (tertiary/aromatic N) is 1. The van der Waals surface area contributed by atoms with Gasteiger partial charge in [0.1, 0.15) is 0 Å². The van der Waals surface area contributed by atoms with Crippen molar-refractivity contribution in [3.05, 3.63) is 185 Å². The van der Waals surface area contributed by atoms with Gasteiger partial charge >= 0.3 is 0 Å². The highest BCUT2D eigenvalue weighted by molar-refractivity contribution is 5.99. The Morgan fingerprint density at radius 3 is 1.69 bits per heavy atom. The summed E-state index contributed by atoms with van der Waals surface area (Å²) in [5.74, 6) is 0. The van der Waals surface area contributed by atoms with Crippen molar-refractivity contribution in [2.45, 2.75) is 38.5 Å². The molecule has 7 aromatic rings. The molecule has 2 aliphatic rings. The average molecular weight is 632 g/mol. The molecule has 0 N–H and O–H groups in total. The van der Waals surface area contributed by atoms with E-state index in [0.717, 1.165) is 28.2 Å². The van der Waals surface area contributed by atoms with Crippen LogP contribution in [-0.4, -0.2) is 0 Å². The van der Waals surface area contributed by atoms with E-state index in [-0.39, 0.29) is 22.9 Å². The van der Waals surface area contributed by atoms with Crippen molar-refractivity contribution in [2.24, 2.45) is 0 Å². The molecule has 9 rings (SSSR count). The molecule has 0 unspecified atom stereocenters. The highest BCUT2D eigenvalue weighted by Gasteiger charge is 2.37. The van der Waals surface area contributed by atoms with Gasteiger partial charge in [-0.1, -0.05) is 161 Å². The number of rotatable bonds is 5. The van der Waals surface area contributed by atoms with Gasteiger partial charge in [0, 0.05) is 27.6 Å². The Bertz CT molecular complexity index is 2550. The molecule has 0 bridgehead atoms. The molecule has 2 aliphatic carbocycles. The predicted octanol–water partition coefficient (Wildman–Crippen LogP) is 13.1. The molecule has 0 saturated heterocycles. The van der Waals surface area contributed by atoms with Crippen LogP contribution in [0.25, 0.3) is 45.1 Å². The van der Waals surface area contributed by atoms with Crippen molar-refractivity contribution in [1.29, 1.82) is 0 Å². The van der Waals surface area contributed by atoms with E-state index >= 15 is 0 Å². The van der Waals surface area contributed by atoms with Gasteiger partial charge in [-0.3, -0.25) is 0 Å². The summed E-state index contributed by atoms with van der Waals surface area (Å²) in [6.45, 7) is 9.07. The number of anilines is 3. The topological polar surface area (TPSA) is 3.24 Å². The van der Waals surface area contributed by atoms with E-state index in [1.54, 1.807) is 0 Å². The van der Waals surface area contributed by atoms with Crippen LogP contribution < -0.4 is 4.90 Å². The molecule has 0 fully saturated rings. The Morgan fingerprint density at radius 2 is 0.980 bits per heavy atom. The molecule has 1 nitrogen and oxygen atoms in total. The maximum Gasteiger partial charge on any atom is 0.0629 e. The molecular weight excluding hydrogens is 591 g/mol. The lowest BCUT2D eigenvalue weighted by atomic mass is 9.81. The van der Waals surface area contributed by atoms with Crippen LogP contribution in [0.5, 0.6) is 0 Å². The Labute approximate surface area is 292 Å². The molecule has 0 aliphatic heterocycles. The van der Waals surface area contributed by atoms with Crippen molar-refractivity contribution in [2.75, 3.05) is 4.90 Å². The van der Waals surface area contributed by atoms with Gasteiger partial charge in [0.25, 0.3) is 0 Å². The Morgan fingerprint density at radius 1 is 0.449 bits per heavy atom. The molecule has 1 heteroatoms. The summed E-state index contributed by atoms with van der Waals surface area (Å²) in [5.41, 5.74) is 14.3. The van der Waals surface area contributed by atoms with Crippen molar-refractivity contribution in [1.82, 2.24) is 0 Å². The second-order valence-corrected chi connectivity index (χ2v) is 14.5. The first-order valence-electron chi connectivity index (χ1n) is 18.2. The third-order valence-electron chi connectivity index (χ3n) is 10.9. The van der Waals surface area contributed by atoms with Crippen molar-refractivity contribution in [3.8, 4) is 22.3 Å². The summed E-state index contributed by atoms with van der Waals surface area (Å²) in [7, 11) is 0. The zero-order chi connectivity index (χ0) is 35.1. The normalized spacial score (nSPS) is 15.8. The summed E-state index contributed by atoms with van der Waals surface area (Å²) >= 11 is 0. The zero-order valence-electron chi connectivity index (χ0n) is 30.4. The molecule has 236 valence electrons. The zero-order valence-corrected chi connectivity index (χ0v) is 28.4. The number of fused-ring (bicyclic) bond motifs is 7. The first-order valence-corrected chi connectivity index (χ1v) is 17.2. The molecule has 0 spiro atoms. The molecule has 0 atom stereocenters. The maximum absolute atomic E-state index is 9.27. The first kappa shape index (κ1) is 27.3. The van der Waals surface area contributed by atoms with E-state index in [1.165, 1.54) is 55.3 Å². The molecule has 0 radical (unpaired) electrons. The third-order valence-corrected chi connectivity index (χ3v) is 10.9. The van der Waals surface area contributed by atoms with Crippen LogP contribution in [0.2, 0.25) is 0 Å². The fourth-order valence-electron chi connectivity index (χ4n) is 8.28. The van der Waals surface area contributed by atoms with Crippen molar-refractivity contribution < 1.29 is 2.74 Å². The van der Waals surface area contributed by atoms with E-state index in [0.29, 0.717) is 0 Å². The number of benzene rings is 7. The lowest BCUT2D eigenvalue weighted by Gasteiger charge is -2.29. The maximum atomic E-state index is 9.27. The summed E-state index contributed by atoms with van der Waals surface area (Å²) in [4.78, 5) is 2.36. The standard InChI is InChI=1S/C48H39N/c1-47(2)42-19-11-10-18-38(42)39-26-23-32(29-43(39)47)21-22-33-24-27-40-41-28-25-36(31-45(41)48(3,4)44(40)30-33)49(35-15-6-5-7-16-35)46-20-12-14-34-13-8-9-17-37(34)46/h5-31H,1-4H3/b22-21+/i21D,22D. The Kier molecular flexibility index (Phi) is 6.09. The fraction of sp³-hybridized carbons (Fsp3) is 0.125. The average Bonchev–Trinajstić information content (AvgIpc) is 3.53. The lowest BCUT2D eigenvalue weighted by molar-refractivity contribution is 0.660. The van der Waals surface area contributed by atoms with Gasteiger partial charge < -0.3 is 4.90 Å². The van der Waals surface area contributed by atoms with E-state index in [1.807, 2.05) is 12.1 Å². The van der Waals surface area contributed by atoms with Crippen LogP contribution in [0.15, 0.2) is 152 Å². The smallest absolute Gasteiger partial charge is 0.0629 e. The Balaban J connectivity index is 1.11. The van der Waals surface area contributed by atoms with Crippen molar-refractivity contribution >= 4 is 39.9 Å². The second-order valence-electron chi connectivity index (χ2n) is 14.5. The Hall–Kier alpha value is -5.66. The summed E-state index contributed by atoms with van der Waals surface area (Å²) in [5, 5.41) is 2.41. The quantitative estimate of drug-likeness (QED) is 0.171. The van der Waals surface area contributed by atoms with Crippen molar-refractivity contribution in [3.63, 3.8) is 0 Å². The van der Waals surface area contributed by atoms with Gasteiger partial charge in [0.05, 0.1) is 8.43 Å². The molecule has 7 aromatic carbocycles. The van der Waals surface area contributed by atoms with Gasteiger partial charge in [-0.15, -0.1) is 0 Å². The van der Waals surface area contributed by atoms with E-state index < -0.39 is 0 Å². The van der Waals surface area contributed by atoms with Gasteiger partial charge in [-0.2, -0.15) is 0 Å². The summed E-state index contributed by atoms with van der Waals surface area (Å²) in [6, 6.07) is 54.2. The minimum atomic E-state index is -0.302. The molecule has 49 heavy (non-hydrogen) atoms. The summed E-state index contributed by atoms with van der Waals surface area (Å²) < 4.78 is 18.5. The number of para-hydroxylation sites is 1. The lowest BCUT2D eigenvalue weighted by Crippen LogP contribution is -2.16. The minimum Gasteiger partial charge on any atom is -0.310 e. The minimum absolute atomic E-state index is 0.156. The highest BCUT2D eigenvalue weighted by atomic mass is 15.1. The van der Waals surface area contributed by atoms with Crippen LogP contribution in [0.4, 0.5) is 17.1 Å². The third kappa shape index (κ3) is 4.60. The molecule has 0 heterocycles. The van der Waals surface area contributed by atoms with Gasteiger partial charge in [0.15, 0.2) is 0 Å². The van der Waals surface area contributed by atoms with Crippen LogP contribution in [-0.2, 0) is 10.8 Å². The largest absolute Gasteiger partial charge is 0.310 e. The van der Waals surface area contributed by atoms with E-state index in [4.69, 9.17) is 0 Å².